The second kappa shape index (κ2) is 7.35. The van der Waals surface area contributed by atoms with Gasteiger partial charge in [-0.05, 0) is 62.6 Å². The lowest BCUT2D eigenvalue weighted by molar-refractivity contribution is -0.141. The molecule has 1 amide bonds. The standard InChI is InChI=1S/C20H21N3O2/c1-14(17-4-3-11-22-13-17)23(18-7-8-18)20(24)15(2)25-19-9-5-16(12-21)6-10-19/h3-6,9-11,13-15,18H,7-8H2,1-2H3/t14-,15-/m1/s1. The van der Waals surface area contributed by atoms with E-state index in [4.69, 9.17) is 10.00 Å². The summed E-state index contributed by atoms with van der Waals surface area (Å²) in [6.07, 6.45) is 5.00. The average Bonchev–Trinajstić information content (AvgIpc) is 3.48. The molecule has 0 N–H and O–H groups in total. The molecule has 25 heavy (non-hydrogen) atoms. The highest BCUT2D eigenvalue weighted by Crippen LogP contribution is 2.35. The Balaban J connectivity index is 1.72. The van der Waals surface area contributed by atoms with Gasteiger partial charge in [0.15, 0.2) is 6.10 Å². The largest absolute Gasteiger partial charge is 0.481 e. The van der Waals surface area contributed by atoms with Gasteiger partial charge in [-0.25, -0.2) is 0 Å². The summed E-state index contributed by atoms with van der Waals surface area (Å²) in [6, 6.07) is 13.0. The topological polar surface area (TPSA) is 66.2 Å². The Morgan fingerprint density at radius 3 is 2.56 bits per heavy atom. The fraction of sp³-hybridized carbons (Fsp3) is 0.350. The monoisotopic (exact) mass is 335 g/mol. The molecule has 0 aliphatic heterocycles. The van der Waals surface area contributed by atoms with Crippen LogP contribution in [0.2, 0.25) is 0 Å². The summed E-state index contributed by atoms with van der Waals surface area (Å²) >= 11 is 0. The third kappa shape index (κ3) is 3.97. The van der Waals surface area contributed by atoms with Gasteiger partial charge in [0.05, 0.1) is 17.7 Å². The van der Waals surface area contributed by atoms with Crippen molar-refractivity contribution in [2.75, 3.05) is 0 Å². The maximum absolute atomic E-state index is 13.0. The van der Waals surface area contributed by atoms with Crippen molar-refractivity contribution >= 4 is 5.91 Å². The average molecular weight is 335 g/mol. The minimum atomic E-state index is -0.590. The molecule has 1 aromatic carbocycles. The van der Waals surface area contributed by atoms with Crippen molar-refractivity contribution in [3.05, 3.63) is 59.9 Å². The number of nitriles is 1. The molecule has 1 fully saturated rings. The molecule has 1 aliphatic rings. The van der Waals surface area contributed by atoms with E-state index in [9.17, 15) is 4.79 Å². The predicted molar refractivity (Wildman–Crippen MR) is 93.8 cm³/mol. The van der Waals surface area contributed by atoms with Gasteiger partial charge in [0.1, 0.15) is 5.75 Å². The van der Waals surface area contributed by atoms with Crippen LogP contribution in [-0.2, 0) is 4.79 Å². The number of benzene rings is 1. The predicted octanol–water partition coefficient (Wildman–Crippen LogP) is 3.47. The molecule has 1 aliphatic carbocycles. The molecule has 128 valence electrons. The number of hydrogen-bond donors (Lipinski definition) is 0. The molecule has 1 saturated carbocycles. The van der Waals surface area contributed by atoms with Crippen LogP contribution < -0.4 is 4.74 Å². The van der Waals surface area contributed by atoms with Crippen LogP contribution >= 0.6 is 0 Å². The second-order valence-corrected chi connectivity index (χ2v) is 6.34. The SMILES string of the molecule is C[C@H](c1cccnc1)N(C(=O)[C@@H](C)Oc1ccc(C#N)cc1)C1CC1. The summed E-state index contributed by atoms with van der Waals surface area (Å²) in [7, 11) is 0. The molecule has 0 unspecified atom stereocenters. The number of ether oxygens (including phenoxy) is 1. The molecule has 5 heteroatoms. The van der Waals surface area contributed by atoms with Gasteiger partial charge < -0.3 is 9.64 Å². The Morgan fingerprint density at radius 2 is 2.00 bits per heavy atom. The Morgan fingerprint density at radius 1 is 1.28 bits per heavy atom. The van der Waals surface area contributed by atoms with Crippen LogP contribution in [0.15, 0.2) is 48.8 Å². The molecular weight excluding hydrogens is 314 g/mol. The number of carbonyl (C=O) groups is 1. The Labute approximate surface area is 147 Å². The van der Waals surface area contributed by atoms with Crippen LogP contribution in [0.25, 0.3) is 0 Å². The zero-order chi connectivity index (χ0) is 17.8. The lowest BCUT2D eigenvalue weighted by Crippen LogP contribution is -2.43. The van der Waals surface area contributed by atoms with Crippen LogP contribution in [0, 0.1) is 11.3 Å². The van der Waals surface area contributed by atoms with Gasteiger partial charge in [-0.3, -0.25) is 9.78 Å². The number of amides is 1. The second-order valence-electron chi connectivity index (χ2n) is 6.34. The summed E-state index contributed by atoms with van der Waals surface area (Å²) in [5, 5.41) is 8.85. The van der Waals surface area contributed by atoms with Crippen molar-refractivity contribution in [1.82, 2.24) is 9.88 Å². The summed E-state index contributed by atoms with van der Waals surface area (Å²) < 4.78 is 5.80. The van der Waals surface area contributed by atoms with Gasteiger partial charge in [0, 0.05) is 18.4 Å². The van der Waals surface area contributed by atoms with E-state index in [1.54, 1.807) is 43.6 Å². The van der Waals surface area contributed by atoms with E-state index >= 15 is 0 Å². The van der Waals surface area contributed by atoms with E-state index in [2.05, 4.69) is 11.1 Å². The van der Waals surface area contributed by atoms with E-state index in [1.165, 1.54) is 0 Å². The van der Waals surface area contributed by atoms with Crippen molar-refractivity contribution < 1.29 is 9.53 Å². The van der Waals surface area contributed by atoms with Gasteiger partial charge in [-0.2, -0.15) is 5.26 Å². The molecule has 0 saturated heterocycles. The Bertz CT molecular complexity index is 764. The first kappa shape index (κ1) is 17.0. The van der Waals surface area contributed by atoms with E-state index in [0.29, 0.717) is 11.3 Å². The minimum Gasteiger partial charge on any atom is -0.481 e. The maximum Gasteiger partial charge on any atom is 0.264 e. The zero-order valence-electron chi connectivity index (χ0n) is 14.4. The van der Waals surface area contributed by atoms with Crippen molar-refractivity contribution in [2.45, 2.75) is 44.9 Å². The quantitative estimate of drug-likeness (QED) is 0.811. The normalized spacial score (nSPS) is 15.7. The summed E-state index contributed by atoms with van der Waals surface area (Å²) in [6.45, 7) is 3.80. The number of hydrogen-bond acceptors (Lipinski definition) is 4. The minimum absolute atomic E-state index is 0.0248. The number of nitrogens with zero attached hydrogens (tertiary/aromatic N) is 3. The highest BCUT2D eigenvalue weighted by atomic mass is 16.5. The third-order valence-corrected chi connectivity index (χ3v) is 4.42. The van der Waals surface area contributed by atoms with Gasteiger partial charge in [-0.15, -0.1) is 0 Å². The van der Waals surface area contributed by atoms with Gasteiger partial charge in [0.2, 0.25) is 0 Å². The molecule has 1 heterocycles. The highest BCUT2D eigenvalue weighted by Gasteiger charge is 2.38. The van der Waals surface area contributed by atoms with E-state index < -0.39 is 6.10 Å². The van der Waals surface area contributed by atoms with Crippen LogP contribution in [0.4, 0.5) is 0 Å². The van der Waals surface area contributed by atoms with Crippen LogP contribution in [0.3, 0.4) is 0 Å². The molecule has 2 atom stereocenters. The van der Waals surface area contributed by atoms with Gasteiger partial charge >= 0.3 is 0 Å². The molecule has 0 bridgehead atoms. The fourth-order valence-corrected chi connectivity index (χ4v) is 2.90. The molecule has 0 spiro atoms. The maximum atomic E-state index is 13.0. The first-order valence-corrected chi connectivity index (χ1v) is 8.49. The van der Waals surface area contributed by atoms with Crippen LogP contribution in [-0.4, -0.2) is 27.9 Å². The van der Waals surface area contributed by atoms with Crippen LogP contribution in [0.1, 0.15) is 43.9 Å². The lowest BCUT2D eigenvalue weighted by atomic mass is 10.1. The Kier molecular flexibility index (Phi) is 4.99. The number of aromatic nitrogens is 1. The number of pyridine rings is 1. The van der Waals surface area contributed by atoms with Crippen LogP contribution in [0.5, 0.6) is 5.75 Å². The lowest BCUT2D eigenvalue weighted by Gasteiger charge is -2.32. The Hall–Kier alpha value is -2.87. The molecule has 5 nitrogen and oxygen atoms in total. The highest BCUT2D eigenvalue weighted by molar-refractivity contribution is 5.82. The van der Waals surface area contributed by atoms with E-state index in [0.717, 1.165) is 18.4 Å². The first-order chi connectivity index (χ1) is 12.1. The van der Waals surface area contributed by atoms with E-state index in [1.807, 2.05) is 24.0 Å². The summed E-state index contributed by atoms with van der Waals surface area (Å²) in [5.74, 6) is 0.563. The first-order valence-electron chi connectivity index (χ1n) is 8.49. The summed E-state index contributed by atoms with van der Waals surface area (Å²) in [4.78, 5) is 19.1. The van der Waals surface area contributed by atoms with E-state index in [-0.39, 0.29) is 18.0 Å². The zero-order valence-corrected chi connectivity index (χ0v) is 14.4. The van der Waals surface area contributed by atoms with Gasteiger partial charge in [-0.1, -0.05) is 6.07 Å². The van der Waals surface area contributed by atoms with Crippen molar-refractivity contribution in [2.24, 2.45) is 0 Å². The third-order valence-electron chi connectivity index (χ3n) is 4.42. The van der Waals surface area contributed by atoms with Gasteiger partial charge in [0.25, 0.3) is 5.91 Å². The van der Waals surface area contributed by atoms with Crippen molar-refractivity contribution in [3.63, 3.8) is 0 Å². The smallest absolute Gasteiger partial charge is 0.264 e. The molecule has 1 aromatic heterocycles. The number of carbonyl (C=O) groups excluding carboxylic acids is 1. The van der Waals surface area contributed by atoms with Crippen molar-refractivity contribution in [3.8, 4) is 11.8 Å². The van der Waals surface area contributed by atoms with Crippen molar-refractivity contribution in [1.29, 1.82) is 5.26 Å². The fourth-order valence-electron chi connectivity index (χ4n) is 2.90. The molecule has 2 aromatic rings. The summed E-state index contributed by atoms with van der Waals surface area (Å²) in [5.41, 5.74) is 1.59. The molecular formula is C20H21N3O2. The molecule has 3 rings (SSSR count). The number of rotatable bonds is 6. The molecule has 0 radical (unpaired) electrons.